The molecule has 0 spiro atoms. The van der Waals surface area contributed by atoms with E-state index in [9.17, 15) is 9.59 Å². The molecule has 1 aliphatic heterocycles. The molecule has 0 radical (unpaired) electrons. The second-order valence-electron chi connectivity index (χ2n) is 22.8. The average Bonchev–Trinajstić information content (AvgIpc) is 1.60. The highest BCUT2D eigenvalue weighted by atomic mass is 33.4. The van der Waals surface area contributed by atoms with Gasteiger partial charge in [-0.25, -0.2) is 0 Å². The summed E-state index contributed by atoms with van der Waals surface area (Å²) in [5.41, 5.74) is 4.34. The summed E-state index contributed by atoms with van der Waals surface area (Å²) in [5, 5.41) is 0. The smallest absolute Gasteiger partial charge is 0.263 e. The monoisotopic (exact) mass is 1680 g/mol. The zero-order valence-corrected chi connectivity index (χ0v) is 80.5. The normalized spacial score (nSPS) is 13.7. The molecule has 0 saturated carbocycles. The van der Waals surface area contributed by atoms with Crippen molar-refractivity contribution < 1.29 is 9.59 Å². The minimum Gasteiger partial charge on any atom is -0.274 e. The predicted octanol–water partition coefficient (Wildman–Crippen LogP) is 33.5. The summed E-state index contributed by atoms with van der Waals surface area (Å²) in [4.78, 5) is 37.1. The van der Waals surface area contributed by atoms with E-state index in [4.69, 9.17) is 0 Å². The van der Waals surface area contributed by atoms with Crippen molar-refractivity contribution in [2.45, 2.75) is 266 Å². The molecule has 86 heavy (non-hydrogen) atoms. The number of aryl methyl sites for hydroxylation is 4. The number of rotatable bonds is 49. The molecule has 3 nitrogen and oxygen atoms in total. The molecule has 0 aromatic carbocycles. The van der Waals surface area contributed by atoms with Crippen LogP contribution in [-0.4, -0.2) is 23.3 Å². The lowest BCUT2D eigenvalue weighted by atomic mass is 10.0. The molecule has 4 rings (SSSR count). The number of amides is 2. The van der Waals surface area contributed by atoms with E-state index in [0.29, 0.717) is 17.7 Å². The van der Waals surface area contributed by atoms with Crippen LogP contribution in [0, 0.1) is 13.8 Å². The van der Waals surface area contributed by atoms with Crippen LogP contribution in [-0.2, 0) is 12.8 Å². The topological polar surface area (TPSA) is 37.4 Å². The first-order valence-electron chi connectivity index (χ1n) is 32.0. The molecule has 3 aromatic rings. The summed E-state index contributed by atoms with van der Waals surface area (Å²) in [6.07, 6.45) is 47.5. The minimum absolute atomic E-state index is 0.00181. The molecular formula is C56H117NO2P24S3. The maximum absolute atomic E-state index is 14.2. The Bertz CT molecular complexity index is 2250. The molecule has 15 unspecified atom stereocenters. The lowest BCUT2D eigenvalue weighted by Gasteiger charge is -2.48. The van der Waals surface area contributed by atoms with E-state index in [2.05, 4.69) is 163 Å². The first-order chi connectivity index (χ1) is 41.2. The Morgan fingerprint density at radius 1 is 0.349 bits per heavy atom. The number of carbonyl (C=O) groups excluding carboxylic acids is 2. The fourth-order valence-electron chi connectivity index (χ4n) is 10.9. The summed E-state index contributed by atoms with van der Waals surface area (Å²) in [5.74, 6) is -0.117. The lowest BCUT2D eigenvalue weighted by molar-refractivity contribution is 0.0651. The van der Waals surface area contributed by atoms with Crippen LogP contribution in [0.1, 0.15) is 281 Å². The SMILES string of the molecule is CCCCCCCCCCCCCCCCN1C(=O)c2c(C)sc(-c3cc(CCCCCCCCCCCC)c(-c4sc(C)cc4CCCCCCCCCCCC)s3)c2C1=O.PP(P)P(P)P(P(P)P)P(P(P(P)P)P(P)P)P(P(P)P)P(P)P. The second kappa shape index (κ2) is 53.4. The van der Waals surface area contributed by atoms with E-state index < -0.39 is 0 Å². The number of fused-ring (bicyclic) bond motifs is 1. The predicted molar refractivity (Wildman–Crippen MR) is 480 cm³/mol. The second-order valence-corrected chi connectivity index (χ2v) is 122. The maximum Gasteiger partial charge on any atom is 0.263 e. The summed E-state index contributed by atoms with van der Waals surface area (Å²) in [6.45, 7) is 12.1. The van der Waals surface area contributed by atoms with E-state index in [1.165, 1.54) is 236 Å². The first kappa shape index (κ1) is 88.8. The Morgan fingerprint density at radius 2 is 0.674 bits per heavy atom. The van der Waals surface area contributed by atoms with Crippen molar-refractivity contribution in [3.63, 3.8) is 0 Å². The Labute approximate surface area is 583 Å². The van der Waals surface area contributed by atoms with E-state index in [-0.39, 0.29) is 88.7 Å². The van der Waals surface area contributed by atoms with Gasteiger partial charge in [0.05, 0.1) is 16.0 Å². The molecular weight excluding hydrogens is 1560 g/mol. The number of hydrogen-bond acceptors (Lipinski definition) is 5. The Morgan fingerprint density at radius 3 is 1.03 bits per heavy atom. The lowest BCUT2D eigenvalue weighted by Crippen LogP contribution is -2.31. The number of carbonyl (C=O) groups is 2. The van der Waals surface area contributed by atoms with Crippen LogP contribution in [0.5, 0.6) is 0 Å². The standard InChI is InChI=1S/C56H91NO2S3.H26P24/c1-6-9-12-15-18-21-24-25-26-27-30-33-36-39-42-57-55(58)50-46(5)61-54(51(50)56(57)59)49-44-48(41-38-35-32-29-23-20-17-14-11-8-3)53(62-49)52-47(43-45(4)60-52)40-37-34-31-28-22-19-16-13-10-7-2;1-14(2)20(13)23(19(11)12)24(21(15(3)4)16(5)6)22(17(7)8)18(9)10/h43-44H,6-42H2,1-5H3;1-13H2. The zero-order chi connectivity index (χ0) is 63.6. The van der Waals surface area contributed by atoms with E-state index >= 15 is 0 Å². The fraction of sp³-hybridized carbons (Fsp3) is 0.750. The van der Waals surface area contributed by atoms with Gasteiger partial charge in [0.15, 0.2) is 0 Å². The van der Waals surface area contributed by atoms with Crippen molar-refractivity contribution in [2.75, 3.05) is 6.54 Å². The van der Waals surface area contributed by atoms with Gasteiger partial charge in [0.25, 0.3) is 11.8 Å². The maximum atomic E-state index is 14.2. The van der Waals surface area contributed by atoms with Gasteiger partial charge < -0.3 is 0 Å². The number of imide groups is 1. The van der Waals surface area contributed by atoms with Gasteiger partial charge in [-0.15, -0.1) is 150 Å². The Kier molecular flexibility index (Phi) is 55.1. The van der Waals surface area contributed by atoms with Gasteiger partial charge in [0.2, 0.25) is 0 Å². The molecule has 2 amide bonds. The molecule has 0 aliphatic carbocycles. The third-order valence-electron chi connectivity index (χ3n) is 15.4. The highest BCUT2D eigenvalue weighted by molar-refractivity contribution is 9.40. The first-order valence-corrected chi connectivity index (χ1v) is 77.3. The number of unbranched alkanes of at least 4 members (excludes halogenated alkanes) is 31. The summed E-state index contributed by atoms with van der Waals surface area (Å²) in [6, 6.07) is 4.88. The Hall–Kier alpha value is 8.56. The highest BCUT2D eigenvalue weighted by Crippen LogP contribution is 3.34. The van der Waals surface area contributed by atoms with Crippen LogP contribution in [0.4, 0.5) is 0 Å². The van der Waals surface area contributed by atoms with Crippen LogP contribution >= 0.6 is 227 Å². The molecule has 0 fully saturated rings. The molecule has 4 heterocycles. The Balaban J connectivity index is 0.000000677. The summed E-state index contributed by atoms with van der Waals surface area (Å²) >= 11 is 5.54. The highest BCUT2D eigenvalue weighted by Gasteiger charge is 2.46. The average molecular weight is 1680 g/mol. The van der Waals surface area contributed by atoms with Crippen molar-refractivity contribution in [3.8, 4) is 19.5 Å². The molecule has 0 bridgehead atoms. The van der Waals surface area contributed by atoms with E-state index in [1.54, 1.807) is 16.2 Å². The molecule has 15 atom stereocenters. The third-order valence-corrected chi connectivity index (χ3v) is 174. The van der Waals surface area contributed by atoms with Gasteiger partial charge in [0, 0.05) is 30.9 Å². The van der Waals surface area contributed by atoms with Gasteiger partial charge >= 0.3 is 0 Å². The van der Waals surface area contributed by atoms with E-state index in [0.717, 1.165) is 35.4 Å². The largest absolute Gasteiger partial charge is 0.274 e. The van der Waals surface area contributed by atoms with Crippen molar-refractivity contribution in [2.24, 2.45) is 0 Å². The van der Waals surface area contributed by atoms with Crippen LogP contribution in [0.15, 0.2) is 12.1 Å². The van der Waals surface area contributed by atoms with Crippen molar-refractivity contribution in [1.82, 2.24) is 4.90 Å². The minimum atomic E-state index is -0.0604. The molecule has 1 aliphatic rings. The molecule has 3 aromatic heterocycles. The van der Waals surface area contributed by atoms with Gasteiger partial charge in [-0.3, -0.25) is 14.5 Å². The van der Waals surface area contributed by atoms with Crippen molar-refractivity contribution in [3.05, 3.63) is 44.1 Å². The van der Waals surface area contributed by atoms with Crippen molar-refractivity contribution in [1.29, 1.82) is 0 Å². The van der Waals surface area contributed by atoms with Gasteiger partial charge in [-0.2, -0.15) is 0 Å². The van der Waals surface area contributed by atoms with Gasteiger partial charge in [0.1, 0.15) is 0 Å². The molecule has 30 heteroatoms. The molecule has 496 valence electrons. The quantitative estimate of drug-likeness (QED) is 0.0321. The van der Waals surface area contributed by atoms with Crippen LogP contribution in [0.25, 0.3) is 19.5 Å². The number of thiophene rings is 3. The van der Waals surface area contributed by atoms with Crippen LogP contribution < -0.4 is 0 Å². The molecule has 0 N–H and O–H groups in total. The molecule has 0 saturated heterocycles. The number of hydrogen-bond donors (Lipinski definition) is 0. The fourth-order valence-corrected chi connectivity index (χ4v) is 304. The zero-order valence-electron chi connectivity index (χ0n) is 53.2. The van der Waals surface area contributed by atoms with Gasteiger partial charge in [-0.1, -0.05) is 220 Å². The number of nitrogens with zero attached hydrogens (tertiary/aromatic N) is 1. The van der Waals surface area contributed by atoms with Gasteiger partial charge in [-0.05, 0) is 146 Å². The summed E-state index contributed by atoms with van der Waals surface area (Å²) < 4.78 is 0. The van der Waals surface area contributed by atoms with E-state index in [1.807, 2.05) is 22.7 Å². The van der Waals surface area contributed by atoms with Crippen LogP contribution in [0.2, 0.25) is 0 Å². The summed E-state index contributed by atoms with van der Waals surface area (Å²) in [7, 11) is 41.8. The third kappa shape index (κ3) is 33.3. The van der Waals surface area contributed by atoms with Crippen LogP contribution in [0.3, 0.4) is 0 Å². The van der Waals surface area contributed by atoms with Crippen molar-refractivity contribution >= 4 is 239 Å².